The predicted octanol–water partition coefficient (Wildman–Crippen LogP) is 18.5. The normalized spacial score (nSPS) is 13.1. The van der Waals surface area contributed by atoms with Gasteiger partial charge in [0.15, 0.2) is 0 Å². The minimum absolute atomic E-state index is 0. The number of hydrogen-bond acceptors (Lipinski definition) is 4. The van der Waals surface area contributed by atoms with Gasteiger partial charge < -0.3 is 19.1 Å². The van der Waals surface area contributed by atoms with Gasteiger partial charge in [0.25, 0.3) is 0 Å². The third-order valence-corrected chi connectivity index (χ3v) is 14.1. The van der Waals surface area contributed by atoms with Gasteiger partial charge in [-0.25, -0.2) is 4.98 Å². The number of fused-ring (bicyclic) bond motifs is 4. The molecule has 0 N–H and O–H groups in total. The Balaban J connectivity index is 0.00000640. The molecule has 0 saturated carbocycles. The topological polar surface area (TPSA) is 33.5 Å². The van der Waals surface area contributed by atoms with Gasteiger partial charge >= 0.3 is 0 Å². The Morgan fingerprint density at radius 2 is 1.18 bits per heavy atom. The van der Waals surface area contributed by atoms with Crippen molar-refractivity contribution in [2.24, 2.45) is 0 Å². The van der Waals surface area contributed by atoms with Gasteiger partial charge in [-0.1, -0.05) is 174 Å². The average molecular weight is 1130 g/mol. The van der Waals surface area contributed by atoms with Gasteiger partial charge in [0.05, 0.1) is 0 Å². The van der Waals surface area contributed by atoms with Crippen molar-refractivity contribution in [3.8, 4) is 39.6 Å². The van der Waals surface area contributed by atoms with E-state index in [2.05, 4.69) is 263 Å². The third kappa shape index (κ3) is 9.66. The summed E-state index contributed by atoms with van der Waals surface area (Å²) in [4.78, 5) is 9.61. The first-order valence-corrected chi connectivity index (χ1v) is 25.3. The molecule has 0 amide bonds. The largest absolute Gasteiger partial charge is 0.509 e. The molecule has 0 atom stereocenters. The zero-order valence-electron chi connectivity index (χ0n) is 44.2. The summed E-state index contributed by atoms with van der Waals surface area (Å²) in [7, 11) is 0. The first-order valence-electron chi connectivity index (χ1n) is 25.3. The van der Waals surface area contributed by atoms with Gasteiger partial charge in [0, 0.05) is 61.3 Å². The number of pyridine rings is 1. The molecule has 3 heterocycles. The SMILES string of the molecule is CC(C)c1cccc(C(C)C)c1-c1cc(Oc2[c-]c3c(cc2)c2ccccc2n3-c2cc(C(C)(C)C)ccn2)[c-]c(N2[CH-]N(c3cc(-c4ccccc4)cc(C(C)(C)C)c3)c3cc(C(C)(C)C)ccc32)c1.[Pt]. The Morgan fingerprint density at radius 1 is 0.514 bits per heavy atom. The van der Waals surface area contributed by atoms with Crippen LogP contribution in [0.2, 0.25) is 0 Å². The maximum Gasteiger partial charge on any atom is 0.135 e. The van der Waals surface area contributed by atoms with Crippen LogP contribution in [0.5, 0.6) is 11.5 Å². The molecule has 1 aliphatic rings. The van der Waals surface area contributed by atoms with Gasteiger partial charge in [-0.3, -0.25) is 0 Å². The van der Waals surface area contributed by atoms with Crippen LogP contribution in [0, 0.1) is 18.8 Å². The Labute approximate surface area is 443 Å². The van der Waals surface area contributed by atoms with Gasteiger partial charge in [0.1, 0.15) is 5.82 Å². The van der Waals surface area contributed by atoms with E-state index in [1.54, 1.807) is 0 Å². The Hall–Kier alpha value is -6.42. The van der Waals surface area contributed by atoms with E-state index in [0.29, 0.717) is 23.3 Å². The number of para-hydroxylation sites is 1. The summed E-state index contributed by atoms with van der Waals surface area (Å²) in [5.74, 6) is 2.65. The van der Waals surface area contributed by atoms with E-state index in [1.807, 2.05) is 12.3 Å². The van der Waals surface area contributed by atoms with E-state index in [9.17, 15) is 0 Å². The number of nitrogens with zero attached hydrogens (tertiary/aromatic N) is 4. The molecule has 0 saturated heterocycles. The molecule has 0 spiro atoms. The fraction of sp³-hybridized carbons (Fsp3) is 0.273. The van der Waals surface area contributed by atoms with Crippen molar-refractivity contribution in [1.82, 2.24) is 9.55 Å². The minimum Gasteiger partial charge on any atom is -0.509 e. The van der Waals surface area contributed by atoms with Crippen molar-refractivity contribution >= 4 is 44.6 Å². The summed E-state index contributed by atoms with van der Waals surface area (Å²) in [6, 6.07) is 60.6. The number of ether oxygens (including phenoxy) is 1. The van der Waals surface area contributed by atoms with E-state index in [4.69, 9.17) is 9.72 Å². The molecule has 9 aromatic rings. The monoisotopic (exact) mass is 1130 g/mol. The van der Waals surface area contributed by atoms with Crippen LogP contribution in [-0.4, -0.2) is 9.55 Å². The molecule has 1 aliphatic heterocycles. The van der Waals surface area contributed by atoms with Crippen molar-refractivity contribution in [2.75, 3.05) is 9.80 Å². The average Bonchev–Trinajstić information content (AvgIpc) is 3.89. The van der Waals surface area contributed by atoms with E-state index < -0.39 is 0 Å². The van der Waals surface area contributed by atoms with Gasteiger partial charge in [-0.2, -0.15) is 6.07 Å². The fourth-order valence-corrected chi connectivity index (χ4v) is 10.0. The molecule has 370 valence electrons. The van der Waals surface area contributed by atoms with Crippen LogP contribution in [0.4, 0.5) is 22.7 Å². The maximum absolute atomic E-state index is 7.10. The smallest absolute Gasteiger partial charge is 0.135 e. The quantitative estimate of drug-likeness (QED) is 0.135. The molecule has 72 heavy (non-hydrogen) atoms. The second-order valence-corrected chi connectivity index (χ2v) is 23.1. The fourth-order valence-electron chi connectivity index (χ4n) is 10.0. The number of rotatable bonds is 9. The Morgan fingerprint density at radius 3 is 1.86 bits per heavy atom. The second kappa shape index (κ2) is 19.2. The molecule has 10 rings (SSSR count). The van der Waals surface area contributed by atoms with Crippen LogP contribution in [-0.2, 0) is 37.3 Å². The summed E-state index contributed by atoms with van der Waals surface area (Å²) in [6.07, 6.45) is 1.92. The molecule has 0 aliphatic carbocycles. The second-order valence-electron chi connectivity index (χ2n) is 23.1. The van der Waals surface area contributed by atoms with E-state index in [0.717, 1.165) is 55.9 Å². The molecular formula is C66H67N4OPt-3. The van der Waals surface area contributed by atoms with Gasteiger partial charge in [0.2, 0.25) is 0 Å². The summed E-state index contributed by atoms with van der Waals surface area (Å²) in [5, 5.41) is 2.23. The Bertz CT molecular complexity index is 3430. The molecule has 5 nitrogen and oxygen atoms in total. The van der Waals surface area contributed by atoms with Crippen molar-refractivity contribution in [2.45, 2.75) is 118 Å². The molecular weight excluding hydrogens is 1060 g/mol. The first kappa shape index (κ1) is 50.5. The van der Waals surface area contributed by atoms with Crippen molar-refractivity contribution in [3.05, 3.63) is 198 Å². The third-order valence-electron chi connectivity index (χ3n) is 14.1. The maximum atomic E-state index is 7.10. The van der Waals surface area contributed by atoms with Gasteiger partial charge in [-0.05, 0) is 120 Å². The van der Waals surface area contributed by atoms with Crippen LogP contribution in [0.3, 0.4) is 0 Å². The van der Waals surface area contributed by atoms with E-state index in [1.165, 1.54) is 44.5 Å². The molecule has 7 aromatic carbocycles. The summed E-state index contributed by atoms with van der Waals surface area (Å²) in [6.45, 7) is 31.9. The standard InChI is InChI=1S/C66H67N4O.Pt/c1-42(2)54-23-19-24-55(43(3)4)63(54)46-34-51(39-53(35-46)71-52-27-28-57-56-22-17-18-25-58(56)70(60(57)40-52)62-38-48(30-31-67-62)65(8,9)10)68-41-69(61-37-47(64(5,6)7)26-29-59(61)68)50-33-45(44-20-15-14-16-21-44)32-49(36-50)66(11,12)13;/h14-38,41-43H,1-13H3;/q-3;. The summed E-state index contributed by atoms with van der Waals surface area (Å²) < 4.78 is 9.32. The van der Waals surface area contributed by atoms with Crippen LogP contribution < -0.4 is 14.5 Å². The predicted molar refractivity (Wildman–Crippen MR) is 299 cm³/mol. The van der Waals surface area contributed by atoms with Crippen molar-refractivity contribution in [1.29, 1.82) is 0 Å². The minimum atomic E-state index is -0.0807. The van der Waals surface area contributed by atoms with Gasteiger partial charge in [-0.15, -0.1) is 53.6 Å². The number of anilines is 4. The van der Waals surface area contributed by atoms with Crippen LogP contribution in [0.1, 0.15) is 130 Å². The molecule has 2 aromatic heterocycles. The molecule has 0 fully saturated rings. The van der Waals surface area contributed by atoms with Crippen molar-refractivity contribution in [3.63, 3.8) is 0 Å². The first-order chi connectivity index (χ1) is 33.7. The molecule has 6 heteroatoms. The summed E-state index contributed by atoms with van der Waals surface area (Å²) in [5.41, 5.74) is 17.0. The Kier molecular flexibility index (Phi) is 13.5. The zero-order chi connectivity index (χ0) is 50.1. The number of hydrogen-bond donors (Lipinski definition) is 0. The summed E-state index contributed by atoms with van der Waals surface area (Å²) >= 11 is 0. The van der Waals surface area contributed by atoms with E-state index in [-0.39, 0.29) is 37.3 Å². The molecule has 0 unspecified atom stereocenters. The number of aromatic nitrogens is 2. The van der Waals surface area contributed by atoms with E-state index >= 15 is 0 Å². The van der Waals surface area contributed by atoms with Crippen LogP contribution >= 0.6 is 0 Å². The van der Waals surface area contributed by atoms with Crippen LogP contribution in [0.15, 0.2) is 152 Å². The molecule has 0 bridgehead atoms. The van der Waals surface area contributed by atoms with Crippen LogP contribution in [0.25, 0.3) is 49.9 Å². The number of benzene rings is 7. The molecule has 0 radical (unpaired) electrons. The zero-order valence-corrected chi connectivity index (χ0v) is 46.5. The van der Waals surface area contributed by atoms with Crippen molar-refractivity contribution < 1.29 is 25.8 Å².